The number of hydrogen-bond acceptors (Lipinski definition) is 4. The fraction of sp³-hybridized carbons (Fsp3) is 0.769. The average Bonchev–Trinajstić information content (AvgIpc) is 2.63. The van der Waals surface area contributed by atoms with E-state index in [1.165, 1.54) is 11.4 Å². The molecule has 2 heterocycles. The first-order valence-electron chi connectivity index (χ1n) is 6.80. The van der Waals surface area contributed by atoms with E-state index in [0.29, 0.717) is 12.6 Å². The molecule has 2 rings (SSSR count). The molecule has 1 aliphatic heterocycles. The van der Waals surface area contributed by atoms with E-state index in [1.54, 1.807) is 0 Å². The molecule has 2 N–H and O–H groups in total. The Kier molecular flexibility index (Phi) is 3.92. The summed E-state index contributed by atoms with van der Waals surface area (Å²) in [5.41, 5.74) is 8.11. The van der Waals surface area contributed by atoms with Gasteiger partial charge in [0.2, 0.25) is 0 Å². The molecular weight excluding hydrogens is 226 g/mol. The van der Waals surface area contributed by atoms with Gasteiger partial charge in [-0.15, -0.1) is 0 Å². The normalized spacial score (nSPS) is 21.6. The minimum atomic E-state index is 0.567. The van der Waals surface area contributed by atoms with Crippen LogP contribution in [0.1, 0.15) is 25.1 Å². The van der Waals surface area contributed by atoms with E-state index >= 15 is 0 Å². The molecule has 5 heteroatoms. The monoisotopic (exact) mass is 251 g/mol. The van der Waals surface area contributed by atoms with Crippen LogP contribution in [0, 0.1) is 6.92 Å². The van der Waals surface area contributed by atoms with Gasteiger partial charge in [-0.05, 0) is 20.4 Å². The molecule has 102 valence electrons. The van der Waals surface area contributed by atoms with Gasteiger partial charge >= 0.3 is 0 Å². The molecular formula is C13H25N5. The Labute approximate surface area is 110 Å². The molecule has 1 aliphatic rings. The third-order valence-electron chi connectivity index (χ3n) is 3.99. The highest BCUT2D eigenvalue weighted by Crippen LogP contribution is 2.25. The second-order valence-corrected chi connectivity index (χ2v) is 5.14. The molecule has 0 radical (unpaired) electrons. The lowest BCUT2D eigenvalue weighted by Gasteiger charge is -2.40. The highest BCUT2D eigenvalue weighted by atomic mass is 15.4. The predicted octanol–water partition coefficient (Wildman–Crippen LogP) is 0.718. The fourth-order valence-corrected chi connectivity index (χ4v) is 2.98. The van der Waals surface area contributed by atoms with Crippen LogP contribution in [0.15, 0.2) is 0 Å². The van der Waals surface area contributed by atoms with Gasteiger partial charge in [0.15, 0.2) is 0 Å². The van der Waals surface area contributed by atoms with Crippen molar-refractivity contribution in [3.8, 4) is 0 Å². The van der Waals surface area contributed by atoms with Crippen molar-refractivity contribution in [2.24, 2.45) is 12.8 Å². The lowest BCUT2D eigenvalue weighted by atomic mass is 10.1. The summed E-state index contributed by atoms with van der Waals surface area (Å²) in [5, 5.41) is 4.50. The molecule has 18 heavy (non-hydrogen) atoms. The molecule has 0 bridgehead atoms. The van der Waals surface area contributed by atoms with E-state index in [4.69, 9.17) is 5.73 Å². The maximum absolute atomic E-state index is 5.87. The van der Waals surface area contributed by atoms with Gasteiger partial charge in [-0.25, -0.2) is 0 Å². The number of anilines is 1. The number of piperazine rings is 1. The van der Waals surface area contributed by atoms with Gasteiger partial charge in [0.05, 0.1) is 5.69 Å². The zero-order chi connectivity index (χ0) is 13.3. The van der Waals surface area contributed by atoms with Crippen LogP contribution in [-0.4, -0.2) is 46.9 Å². The molecule has 1 atom stereocenters. The molecule has 1 aromatic heterocycles. The van der Waals surface area contributed by atoms with Crippen LogP contribution in [0.25, 0.3) is 0 Å². The summed E-state index contributed by atoms with van der Waals surface area (Å²) in [6.07, 6.45) is 0. The highest BCUT2D eigenvalue weighted by molar-refractivity contribution is 5.50. The minimum Gasteiger partial charge on any atom is -0.354 e. The van der Waals surface area contributed by atoms with Crippen molar-refractivity contribution in [3.63, 3.8) is 0 Å². The third-order valence-corrected chi connectivity index (χ3v) is 3.99. The summed E-state index contributed by atoms with van der Waals surface area (Å²) in [6.45, 7) is 11.5. The summed E-state index contributed by atoms with van der Waals surface area (Å²) >= 11 is 0. The maximum atomic E-state index is 5.87. The summed E-state index contributed by atoms with van der Waals surface area (Å²) in [5.74, 6) is 1.21. The number of aryl methyl sites for hydroxylation is 2. The number of nitrogens with two attached hydrogens (primary N) is 1. The SMILES string of the molecule is CCN1CCN(c2c(CN)c(C)nn2C)CC1C. The molecule has 1 aromatic rings. The predicted molar refractivity (Wildman–Crippen MR) is 74.8 cm³/mol. The summed E-state index contributed by atoms with van der Waals surface area (Å²) in [6, 6.07) is 0.588. The van der Waals surface area contributed by atoms with Gasteiger partial charge in [-0.2, -0.15) is 5.10 Å². The number of aromatic nitrogens is 2. The lowest BCUT2D eigenvalue weighted by molar-refractivity contribution is 0.198. The number of nitrogens with zero attached hydrogens (tertiary/aromatic N) is 4. The van der Waals surface area contributed by atoms with Crippen LogP contribution in [0.2, 0.25) is 0 Å². The van der Waals surface area contributed by atoms with Gasteiger partial charge in [0.1, 0.15) is 5.82 Å². The van der Waals surface area contributed by atoms with Gasteiger partial charge in [-0.3, -0.25) is 9.58 Å². The van der Waals surface area contributed by atoms with Crippen molar-refractivity contribution < 1.29 is 0 Å². The summed E-state index contributed by atoms with van der Waals surface area (Å²) in [4.78, 5) is 4.95. The van der Waals surface area contributed by atoms with Crippen LogP contribution in [0.3, 0.4) is 0 Å². The molecule has 0 aliphatic carbocycles. The highest BCUT2D eigenvalue weighted by Gasteiger charge is 2.26. The standard InChI is InChI=1S/C13H25N5/c1-5-17-6-7-18(9-10(17)2)13-12(8-14)11(3)15-16(13)4/h10H,5-9,14H2,1-4H3. The average molecular weight is 251 g/mol. The summed E-state index contributed by atoms with van der Waals surface area (Å²) < 4.78 is 1.98. The second-order valence-electron chi connectivity index (χ2n) is 5.14. The van der Waals surface area contributed by atoms with Crippen LogP contribution >= 0.6 is 0 Å². The first kappa shape index (κ1) is 13.4. The molecule has 0 spiro atoms. The number of rotatable bonds is 3. The van der Waals surface area contributed by atoms with Gasteiger partial charge in [-0.1, -0.05) is 6.92 Å². The number of likely N-dealkylation sites (N-methyl/N-ethyl adjacent to an activating group) is 1. The Hall–Kier alpha value is -1.07. The molecule has 1 saturated heterocycles. The first-order valence-corrected chi connectivity index (χ1v) is 6.80. The summed E-state index contributed by atoms with van der Waals surface area (Å²) in [7, 11) is 2.01. The van der Waals surface area contributed by atoms with Crippen LogP contribution in [-0.2, 0) is 13.6 Å². The quantitative estimate of drug-likeness (QED) is 0.860. The van der Waals surface area contributed by atoms with Crippen molar-refractivity contribution in [3.05, 3.63) is 11.3 Å². The zero-order valence-electron chi connectivity index (χ0n) is 12.0. The smallest absolute Gasteiger partial charge is 0.131 e. The van der Waals surface area contributed by atoms with E-state index in [1.807, 2.05) is 18.7 Å². The topological polar surface area (TPSA) is 50.3 Å². The Balaban J connectivity index is 2.23. The Morgan fingerprint density at radius 3 is 2.67 bits per heavy atom. The van der Waals surface area contributed by atoms with Gasteiger partial charge < -0.3 is 10.6 Å². The lowest BCUT2D eigenvalue weighted by Crippen LogP contribution is -2.52. The van der Waals surface area contributed by atoms with Crippen molar-refractivity contribution in [1.29, 1.82) is 0 Å². The fourth-order valence-electron chi connectivity index (χ4n) is 2.98. The van der Waals surface area contributed by atoms with E-state index in [-0.39, 0.29) is 0 Å². The van der Waals surface area contributed by atoms with Crippen molar-refractivity contribution in [2.75, 3.05) is 31.1 Å². The second kappa shape index (κ2) is 5.28. The maximum Gasteiger partial charge on any atom is 0.131 e. The molecule has 5 nitrogen and oxygen atoms in total. The van der Waals surface area contributed by atoms with Crippen LogP contribution < -0.4 is 10.6 Å². The molecule has 0 amide bonds. The molecule has 0 saturated carbocycles. The van der Waals surface area contributed by atoms with E-state index < -0.39 is 0 Å². The molecule has 0 aromatic carbocycles. The van der Waals surface area contributed by atoms with Crippen LogP contribution in [0.5, 0.6) is 0 Å². The van der Waals surface area contributed by atoms with Crippen molar-refractivity contribution in [2.45, 2.75) is 33.4 Å². The van der Waals surface area contributed by atoms with Crippen molar-refractivity contribution in [1.82, 2.24) is 14.7 Å². The third kappa shape index (κ3) is 2.24. The van der Waals surface area contributed by atoms with E-state index in [9.17, 15) is 0 Å². The van der Waals surface area contributed by atoms with E-state index in [0.717, 1.165) is 31.9 Å². The van der Waals surface area contributed by atoms with Crippen molar-refractivity contribution >= 4 is 5.82 Å². The first-order chi connectivity index (χ1) is 8.58. The van der Waals surface area contributed by atoms with Gasteiger partial charge in [0, 0.05) is 44.8 Å². The Morgan fingerprint density at radius 1 is 1.39 bits per heavy atom. The number of hydrogen-bond donors (Lipinski definition) is 1. The largest absolute Gasteiger partial charge is 0.354 e. The Morgan fingerprint density at radius 2 is 2.11 bits per heavy atom. The van der Waals surface area contributed by atoms with Crippen LogP contribution in [0.4, 0.5) is 5.82 Å². The molecule has 1 unspecified atom stereocenters. The van der Waals surface area contributed by atoms with Gasteiger partial charge in [0.25, 0.3) is 0 Å². The Bertz CT molecular complexity index is 412. The molecule has 1 fully saturated rings. The minimum absolute atomic E-state index is 0.567. The zero-order valence-corrected chi connectivity index (χ0v) is 12.0. The van der Waals surface area contributed by atoms with E-state index in [2.05, 4.69) is 28.7 Å².